The van der Waals surface area contributed by atoms with Gasteiger partial charge in [0, 0.05) is 18.9 Å². The Morgan fingerprint density at radius 1 is 1.28 bits per heavy atom. The Labute approximate surface area is 108 Å². The summed E-state index contributed by atoms with van der Waals surface area (Å²) in [6.45, 7) is 3.65. The van der Waals surface area contributed by atoms with E-state index in [-0.39, 0.29) is 11.8 Å². The third-order valence-electron chi connectivity index (χ3n) is 4.02. The third-order valence-corrected chi connectivity index (χ3v) is 4.02. The standard InChI is InChI=1S/C14H21NO3/c1-11(13-3-2-8-16-13)15-12-4-6-14(7-5-12)17-9-10-18-14/h2-3,8,11-12,15H,4-7,9-10H2,1H3/t11-/m1/s1. The summed E-state index contributed by atoms with van der Waals surface area (Å²) in [5.41, 5.74) is 0. The molecule has 1 aromatic heterocycles. The molecule has 1 N–H and O–H groups in total. The predicted octanol–water partition coefficient (Wildman–Crippen LogP) is 2.62. The molecule has 1 aliphatic heterocycles. The number of rotatable bonds is 3. The molecule has 1 atom stereocenters. The molecule has 1 aliphatic carbocycles. The highest BCUT2D eigenvalue weighted by Crippen LogP contribution is 2.36. The maximum atomic E-state index is 5.74. The van der Waals surface area contributed by atoms with E-state index in [4.69, 9.17) is 13.9 Å². The molecule has 4 heteroatoms. The Bertz CT molecular complexity index is 360. The smallest absolute Gasteiger partial charge is 0.168 e. The van der Waals surface area contributed by atoms with Crippen molar-refractivity contribution in [2.45, 2.75) is 50.5 Å². The molecule has 2 aliphatic rings. The number of nitrogens with one attached hydrogen (secondary N) is 1. The second-order valence-corrected chi connectivity index (χ2v) is 5.29. The van der Waals surface area contributed by atoms with Gasteiger partial charge in [-0.2, -0.15) is 0 Å². The molecule has 1 spiro atoms. The Kier molecular flexibility index (Phi) is 3.41. The first-order chi connectivity index (χ1) is 8.77. The van der Waals surface area contributed by atoms with E-state index in [1.807, 2.05) is 12.1 Å². The molecule has 18 heavy (non-hydrogen) atoms. The maximum absolute atomic E-state index is 5.74. The van der Waals surface area contributed by atoms with E-state index < -0.39 is 0 Å². The molecule has 0 radical (unpaired) electrons. The van der Waals surface area contributed by atoms with Gasteiger partial charge in [-0.1, -0.05) is 0 Å². The Morgan fingerprint density at radius 3 is 2.61 bits per heavy atom. The zero-order valence-electron chi connectivity index (χ0n) is 10.9. The fraction of sp³-hybridized carbons (Fsp3) is 0.714. The lowest BCUT2D eigenvalue weighted by Crippen LogP contribution is -2.42. The molecule has 1 aromatic rings. The Morgan fingerprint density at radius 2 is 2.00 bits per heavy atom. The average Bonchev–Trinajstić information content (AvgIpc) is 3.04. The molecule has 2 fully saturated rings. The van der Waals surface area contributed by atoms with Crippen LogP contribution in [0, 0.1) is 0 Å². The fourth-order valence-corrected chi connectivity index (χ4v) is 2.98. The van der Waals surface area contributed by atoms with Crippen LogP contribution in [-0.4, -0.2) is 25.0 Å². The van der Waals surface area contributed by atoms with Crippen molar-refractivity contribution in [3.8, 4) is 0 Å². The van der Waals surface area contributed by atoms with E-state index in [1.165, 1.54) is 0 Å². The predicted molar refractivity (Wildman–Crippen MR) is 67.1 cm³/mol. The van der Waals surface area contributed by atoms with Gasteiger partial charge in [0.05, 0.1) is 25.5 Å². The van der Waals surface area contributed by atoms with Gasteiger partial charge in [0.1, 0.15) is 5.76 Å². The molecule has 1 saturated carbocycles. The summed E-state index contributed by atoms with van der Waals surface area (Å²) in [5, 5.41) is 3.62. The topological polar surface area (TPSA) is 43.6 Å². The quantitative estimate of drug-likeness (QED) is 0.896. The van der Waals surface area contributed by atoms with Crippen LogP contribution in [-0.2, 0) is 9.47 Å². The first-order valence-electron chi connectivity index (χ1n) is 6.85. The lowest BCUT2D eigenvalue weighted by Gasteiger charge is -2.36. The zero-order chi connectivity index (χ0) is 12.4. The van der Waals surface area contributed by atoms with E-state index in [1.54, 1.807) is 6.26 Å². The number of ether oxygens (including phenoxy) is 2. The molecule has 0 unspecified atom stereocenters. The minimum Gasteiger partial charge on any atom is -0.468 e. The molecule has 100 valence electrons. The summed E-state index contributed by atoms with van der Waals surface area (Å²) in [7, 11) is 0. The van der Waals surface area contributed by atoms with E-state index >= 15 is 0 Å². The van der Waals surface area contributed by atoms with Crippen LogP contribution in [0.2, 0.25) is 0 Å². The number of furan rings is 1. The van der Waals surface area contributed by atoms with Gasteiger partial charge in [-0.05, 0) is 31.9 Å². The van der Waals surface area contributed by atoms with Crippen molar-refractivity contribution in [3.05, 3.63) is 24.2 Å². The zero-order valence-corrected chi connectivity index (χ0v) is 10.9. The van der Waals surface area contributed by atoms with E-state index in [9.17, 15) is 0 Å². The molecular formula is C14H21NO3. The molecule has 0 amide bonds. The largest absolute Gasteiger partial charge is 0.468 e. The SMILES string of the molecule is C[C@@H](NC1CCC2(CC1)OCCO2)c1ccco1. The monoisotopic (exact) mass is 251 g/mol. The average molecular weight is 251 g/mol. The van der Waals surface area contributed by atoms with Crippen molar-refractivity contribution in [2.75, 3.05) is 13.2 Å². The molecule has 3 rings (SSSR count). The second-order valence-electron chi connectivity index (χ2n) is 5.29. The number of hydrogen-bond acceptors (Lipinski definition) is 4. The van der Waals surface area contributed by atoms with Crippen LogP contribution >= 0.6 is 0 Å². The van der Waals surface area contributed by atoms with Crippen LogP contribution in [0.1, 0.15) is 44.4 Å². The maximum Gasteiger partial charge on any atom is 0.168 e. The van der Waals surface area contributed by atoms with Crippen LogP contribution in [0.5, 0.6) is 0 Å². The minimum absolute atomic E-state index is 0.258. The lowest BCUT2D eigenvalue weighted by molar-refractivity contribution is -0.179. The molecule has 2 heterocycles. The molecular weight excluding hydrogens is 230 g/mol. The van der Waals surface area contributed by atoms with Crippen LogP contribution < -0.4 is 5.32 Å². The van der Waals surface area contributed by atoms with Crippen LogP contribution in [0.15, 0.2) is 22.8 Å². The van der Waals surface area contributed by atoms with Crippen molar-refractivity contribution >= 4 is 0 Å². The Hall–Kier alpha value is -0.840. The van der Waals surface area contributed by atoms with Crippen molar-refractivity contribution < 1.29 is 13.9 Å². The van der Waals surface area contributed by atoms with Gasteiger partial charge in [-0.3, -0.25) is 0 Å². The third kappa shape index (κ3) is 2.46. The van der Waals surface area contributed by atoms with Gasteiger partial charge in [-0.25, -0.2) is 0 Å². The summed E-state index contributed by atoms with van der Waals surface area (Å²) >= 11 is 0. The van der Waals surface area contributed by atoms with E-state index in [2.05, 4.69) is 12.2 Å². The summed E-state index contributed by atoms with van der Waals surface area (Å²) < 4.78 is 16.9. The number of hydrogen-bond donors (Lipinski definition) is 1. The van der Waals surface area contributed by atoms with Gasteiger partial charge in [0.25, 0.3) is 0 Å². The van der Waals surface area contributed by atoms with E-state index in [0.717, 1.165) is 44.7 Å². The minimum atomic E-state index is -0.258. The van der Waals surface area contributed by atoms with Gasteiger partial charge >= 0.3 is 0 Å². The second kappa shape index (κ2) is 5.03. The first-order valence-corrected chi connectivity index (χ1v) is 6.85. The highest BCUT2D eigenvalue weighted by Gasteiger charge is 2.40. The van der Waals surface area contributed by atoms with Gasteiger partial charge in [0.2, 0.25) is 0 Å². The van der Waals surface area contributed by atoms with Gasteiger partial charge in [-0.15, -0.1) is 0 Å². The fourth-order valence-electron chi connectivity index (χ4n) is 2.98. The highest BCUT2D eigenvalue weighted by molar-refractivity contribution is 5.03. The highest BCUT2D eigenvalue weighted by atomic mass is 16.7. The van der Waals surface area contributed by atoms with Crippen LogP contribution in [0.25, 0.3) is 0 Å². The van der Waals surface area contributed by atoms with E-state index in [0.29, 0.717) is 6.04 Å². The molecule has 1 saturated heterocycles. The summed E-state index contributed by atoms with van der Waals surface area (Å²) in [5.74, 6) is 0.746. The molecule has 0 aromatic carbocycles. The van der Waals surface area contributed by atoms with Crippen LogP contribution in [0.4, 0.5) is 0 Å². The van der Waals surface area contributed by atoms with Crippen molar-refractivity contribution in [2.24, 2.45) is 0 Å². The lowest BCUT2D eigenvalue weighted by atomic mass is 9.89. The Balaban J connectivity index is 1.51. The van der Waals surface area contributed by atoms with Crippen molar-refractivity contribution in [1.29, 1.82) is 0 Å². The van der Waals surface area contributed by atoms with Crippen molar-refractivity contribution in [1.82, 2.24) is 5.32 Å². The van der Waals surface area contributed by atoms with Crippen LogP contribution in [0.3, 0.4) is 0 Å². The van der Waals surface area contributed by atoms with Gasteiger partial charge in [0.15, 0.2) is 5.79 Å². The van der Waals surface area contributed by atoms with Gasteiger partial charge < -0.3 is 19.2 Å². The molecule has 4 nitrogen and oxygen atoms in total. The normalized spacial score (nSPS) is 25.6. The summed E-state index contributed by atoms with van der Waals surface area (Å²) in [6.07, 6.45) is 5.92. The summed E-state index contributed by atoms with van der Waals surface area (Å²) in [6, 6.07) is 4.75. The summed E-state index contributed by atoms with van der Waals surface area (Å²) in [4.78, 5) is 0. The first kappa shape index (κ1) is 12.2. The molecule has 0 bridgehead atoms. The van der Waals surface area contributed by atoms with Crippen molar-refractivity contribution in [3.63, 3.8) is 0 Å².